The Morgan fingerprint density at radius 3 is 2.36 bits per heavy atom. The van der Waals surface area contributed by atoms with Gasteiger partial charge in [0, 0.05) is 29.3 Å². The number of nitrogens with zero attached hydrogens (tertiary/aromatic N) is 1. The number of hydrogen-bond donors (Lipinski definition) is 1. The van der Waals surface area contributed by atoms with E-state index < -0.39 is 6.61 Å². The van der Waals surface area contributed by atoms with Crippen molar-refractivity contribution in [3.8, 4) is 11.4 Å². The van der Waals surface area contributed by atoms with Gasteiger partial charge in [0.2, 0.25) is 0 Å². The van der Waals surface area contributed by atoms with Crippen molar-refractivity contribution >= 4 is 23.2 Å². The SMILES string of the molecule is O=C(Nc1ccc(OC(F)F)c(Cl)c1)c1ccc(-n2cccc2)cc1. The summed E-state index contributed by atoms with van der Waals surface area (Å²) in [5.41, 5.74) is 1.77. The Kier molecular flexibility index (Phi) is 5.00. The van der Waals surface area contributed by atoms with Gasteiger partial charge in [0.05, 0.1) is 5.02 Å². The number of halogens is 3. The number of ether oxygens (including phenoxy) is 1. The molecule has 3 rings (SSSR count). The molecule has 1 heterocycles. The van der Waals surface area contributed by atoms with Crippen LogP contribution < -0.4 is 10.1 Å². The zero-order valence-corrected chi connectivity index (χ0v) is 13.6. The van der Waals surface area contributed by atoms with Gasteiger partial charge >= 0.3 is 6.61 Å². The van der Waals surface area contributed by atoms with Crippen LogP contribution in [0.15, 0.2) is 67.0 Å². The number of nitrogens with one attached hydrogen (secondary N) is 1. The Bertz CT molecular complexity index is 865. The fourth-order valence-corrected chi connectivity index (χ4v) is 2.49. The lowest BCUT2D eigenvalue weighted by molar-refractivity contribution is -0.0497. The van der Waals surface area contributed by atoms with Gasteiger partial charge in [-0.3, -0.25) is 4.79 Å². The highest BCUT2D eigenvalue weighted by Gasteiger charge is 2.11. The number of carbonyl (C=O) groups excluding carboxylic acids is 1. The van der Waals surface area contributed by atoms with Gasteiger partial charge in [-0.05, 0) is 54.6 Å². The number of alkyl halides is 2. The van der Waals surface area contributed by atoms with Crippen molar-refractivity contribution in [1.82, 2.24) is 4.57 Å². The van der Waals surface area contributed by atoms with Crippen molar-refractivity contribution in [2.24, 2.45) is 0 Å². The molecular formula is C18H13ClF2N2O2. The molecule has 25 heavy (non-hydrogen) atoms. The number of hydrogen-bond acceptors (Lipinski definition) is 2. The third-order valence-electron chi connectivity index (χ3n) is 3.44. The van der Waals surface area contributed by atoms with Crippen molar-refractivity contribution in [2.45, 2.75) is 6.61 Å². The lowest BCUT2D eigenvalue weighted by atomic mass is 10.2. The minimum Gasteiger partial charge on any atom is -0.433 e. The van der Waals surface area contributed by atoms with Crippen LogP contribution in [0.3, 0.4) is 0 Å². The topological polar surface area (TPSA) is 43.3 Å². The normalized spacial score (nSPS) is 10.7. The van der Waals surface area contributed by atoms with Crippen molar-refractivity contribution in [2.75, 3.05) is 5.32 Å². The molecule has 0 saturated heterocycles. The van der Waals surface area contributed by atoms with E-state index in [0.29, 0.717) is 11.3 Å². The van der Waals surface area contributed by atoms with Crippen LogP contribution in [0.4, 0.5) is 14.5 Å². The molecule has 0 atom stereocenters. The standard InChI is InChI=1S/C18H13ClF2N2O2/c19-15-11-13(5-8-16(15)25-18(20)21)22-17(24)12-3-6-14(7-4-12)23-9-1-2-10-23/h1-11,18H,(H,22,24). The summed E-state index contributed by atoms with van der Waals surface area (Å²) in [5.74, 6) is -0.483. The minimum absolute atomic E-state index is 0.0129. The zero-order valence-electron chi connectivity index (χ0n) is 12.8. The predicted molar refractivity (Wildman–Crippen MR) is 91.8 cm³/mol. The molecular weight excluding hydrogens is 350 g/mol. The lowest BCUT2D eigenvalue weighted by Gasteiger charge is -2.10. The first-order valence-corrected chi connectivity index (χ1v) is 7.70. The van der Waals surface area contributed by atoms with Gasteiger partial charge in [-0.15, -0.1) is 0 Å². The fraction of sp³-hybridized carbons (Fsp3) is 0.0556. The Morgan fingerprint density at radius 1 is 1.08 bits per heavy atom. The summed E-state index contributed by atoms with van der Waals surface area (Å²) < 4.78 is 30.6. The second kappa shape index (κ2) is 7.36. The first kappa shape index (κ1) is 17.0. The lowest BCUT2D eigenvalue weighted by Crippen LogP contribution is -2.12. The van der Waals surface area contributed by atoms with Gasteiger partial charge in [0.25, 0.3) is 5.91 Å². The minimum atomic E-state index is -2.96. The summed E-state index contributed by atoms with van der Waals surface area (Å²) >= 11 is 5.87. The zero-order chi connectivity index (χ0) is 17.8. The molecule has 1 N–H and O–H groups in total. The molecule has 1 aromatic heterocycles. The molecule has 0 saturated carbocycles. The van der Waals surface area contributed by atoms with Crippen LogP contribution in [0.25, 0.3) is 5.69 Å². The number of carbonyl (C=O) groups is 1. The number of rotatable bonds is 5. The summed E-state index contributed by atoms with van der Waals surface area (Å²) in [7, 11) is 0. The molecule has 0 bridgehead atoms. The van der Waals surface area contributed by atoms with E-state index in [2.05, 4.69) is 10.1 Å². The second-order valence-electron chi connectivity index (χ2n) is 5.12. The van der Waals surface area contributed by atoms with E-state index in [1.165, 1.54) is 18.2 Å². The van der Waals surface area contributed by atoms with Crippen LogP contribution in [0.2, 0.25) is 5.02 Å². The van der Waals surface area contributed by atoms with Crippen molar-refractivity contribution in [3.63, 3.8) is 0 Å². The van der Waals surface area contributed by atoms with E-state index in [0.717, 1.165) is 5.69 Å². The Balaban J connectivity index is 1.70. The molecule has 7 heteroatoms. The summed E-state index contributed by atoms with van der Waals surface area (Å²) in [6.45, 7) is -2.96. The Morgan fingerprint density at radius 2 is 1.76 bits per heavy atom. The summed E-state index contributed by atoms with van der Waals surface area (Å²) in [5, 5.41) is 2.65. The number of benzene rings is 2. The van der Waals surface area contributed by atoms with Crippen LogP contribution in [0, 0.1) is 0 Å². The van der Waals surface area contributed by atoms with Gasteiger partial charge in [0.15, 0.2) is 0 Å². The molecule has 2 aromatic carbocycles. The second-order valence-corrected chi connectivity index (χ2v) is 5.52. The number of amides is 1. The van der Waals surface area contributed by atoms with E-state index in [1.54, 1.807) is 12.1 Å². The van der Waals surface area contributed by atoms with E-state index in [-0.39, 0.29) is 16.7 Å². The molecule has 0 unspecified atom stereocenters. The molecule has 0 aliphatic rings. The van der Waals surface area contributed by atoms with Gasteiger partial charge in [-0.2, -0.15) is 8.78 Å². The highest BCUT2D eigenvalue weighted by Crippen LogP contribution is 2.29. The molecule has 1 amide bonds. The third-order valence-corrected chi connectivity index (χ3v) is 3.73. The summed E-state index contributed by atoms with van der Waals surface area (Å²) in [4.78, 5) is 12.3. The van der Waals surface area contributed by atoms with E-state index in [4.69, 9.17) is 11.6 Å². The quantitative estimate of drug-likeness (QED) is 0.695. The smallest absolute Gasteiger partial charge is 0.387 e. The molecule has 0 aliphatic heterocycles. The Hall–Kier alpha value is -2.86. The summed E-state index contributed by atoms with van der Waals surface area (Å²) in [6.07, 6.45) is 3.81. The van der Waals surface area contributed by atoms with Gasteiger partial charge in [-0.1, -0.05) is 11.6 Å². The average molecular weight is 363 g/mol. The molecule has 128 valence electrons. The highest BCUT2D eigenvalue weighted by atomic mass is 35.5. The molecule has 0 fully saturated rings. The monoisotopic (exact) mass is 362 g/mol. The third kappa shape index (κ3) is 4.16. The molecule has 3 aromatic rings. The molecule has 4 nitrogen and oxygen atoms in total. The van der Waals surface area contributed by atoms with E-state index in [9.17, 15) is 13.6 Å². The highest BCUT2D eigenvalue weighted by molar-refractivity contribution is 6.32. The van der Waals surface area contributed by atoms with Gasteiger partial charge < -0.3 is 14.6 Å². The first-order chi connectivity index (χ1) is 12.0. The van der Waals surface area contributed by atoms with Crippen LogP contribution >= 0.6 is 11.6 Å². The average Bonchev–Trinajstić information content (AvgIpc) is 3.12. The van der Waals surface area contributed by atoms with Crippen LogP contribution in [0.5, 0.6) is 5.75 Å². The fourth-order valence-electron chi connectivity index (χ4n) is 2.27. The largest absolute Gasteiger partial charge is 0.433 e. The maximum absolute atomic E-state index is 12.3. The maximum Gasteiger partial charge on any atom is 0.387 e. The van der Waals surface area contributed by atoms with Crippen molar-refractivity contribution < 1.29 is 18.3 Å². The summed E-state index contributed by atoms with van der Waals surface area (Å²) in [6, 6.07) is 14.9. The van der Waals surface area contributed by atoms with Crippen LogP contribution in [0.1, 0.15) is 10.4 Å². The Labute approximate surface area is 147 Å². The molecule has 0 aliphatic carbocycles. The van der Waals surface area contributed by atoms with E-state index >= 15 is 0 Å². The van der Waals surface area contributed by atoms with Crippen LogP contribution in [-0.2, 0) is 0 Å². The molecule has 0 radical (unpaired) electrons. The number of aromatic nitrogens is 1. The number of anilines is 1. The van der Waals surface area contributed by atoms with Crippen LogP contribution in [-0.4, -0.2) is 17.1 Å². The van der Waals surface area contributed by atoms with E-state index in [1.807, 2.05) is 41.2 Å². The van der Waals surface area contributed by atoms with Gasteiger partial charge in [-0.25, -0.2) is 0 Å². The van der Waals surface area contributed by atoms with Crippen molar-refractivity contribution in [3.05, 3.63) is 77.6 Å². The van der Waals surface area contributed by atoms with Crippen molar-refractivity contribution in [1.29, 1.82) is 0 Å². The molecule has 0 spiro atoms. The van der Waals surface area contributed by atoms with Gasteiger partial charge in [0.1, 0.15) is 5.75 Å². The maximum atomic E-state index is 12.3. The predicted octanol–water partition coefficient (Wildman–Crippen LogP) is 4.98. The first-order valence-electron chi connectivity index (χ1n) is 7.32.